The second-order valence-electron chi connectivity index (χ2n) is 4.58. The van der Waals surface area contributed by atoms with E-state index in [1.807, 2.05) is 35.2 Å². The number of hydrogen-bond donors (Lipinski definition) is 1. The number of thiazole rings is 1. The van der Waals surface area contributed by atoms with E-state index in [1.54, 1.807) is 11.3 Å². The molecule has 0 saturated heterocycles. The molecule has 6 heteroatoms. The monoisotopic (exact) mass is 351 g/mol. The zero-order chi connectivity index (χ0) is 14.1. The highest BCUT2D eigenvalue weighted by Crippen LogP contribution is 2.25. The highest BCUT2D eigenvalue weighted by atomic mass is 79.9. The molecule has 4 nitrogen and oxygen atoms in total. The molecule has 3 aromatic rings. The number of halogens is 1. The zero-order valence-corrected chi connectivity index (χ0v) is 13.4. The van der Waals surface area contributed by atoms with E-state index in [-0.39, 0.29) is 6.61 Å². The summed E-state index contributed by atoms with van der Waals surface area (Å²) >= 11 is 5.05. The maximum atomic E-state index is 9.59. The van der Waals surface area contributed by atoms with Gasteiger partial charge >= 0.3 is 0 Å². The van der Waals surface area contributed by atoms with Crippen molar-refractivity contribution in [1.82, 2.24) is 9.38 Å². The first kappa shape index (κ1) is 13.6. The first-order valence-corrected chi connectivity index (χ1v) is 7.87. The lowest BCUT2D eigenvalue weighted by Gasteiger charge is -2.18. The fourth-order valence-corrected chi connectivity index (χ4v) is 3.43. The summed E-state index contributed by atoms with van der Waals surface area (Å²) in [6.07, 6.45) is 1.94. The number of benzene rings is 1. The molecule has 0 fully saturated rings. The van der Waals surface area contributed by atoms with Gasteiger partial charge in [-0.05, 0) is 17.7 Å². The first-order valence-electron chi connectivity index (χ1n) is 6.20. The number of rotatable bonds is 4. The standard InChI is InChI=1S/C14H14BrN3OS/c1-17(8-10-3-2-4-11(15)7-10)13-12(9-19)18-5-6-20-14(18)16-13/h2-7,19H,8-9H2,1H3. The van der Waals surface area contributed by atoms with Crippen LogP contribution in [0.5, 0.6) is 0 Å². The Morgan fingerprint density at radius 3 is 3.05 bits per heavy atom. The molecule has 0 aliphatic carbocycles. The Labute approximate surface area is 129 Å². The van der Waals surface area contributed by atoms with E-state index in [4.69, 9.17) is 0 Å². The van der Waals surface area contributed by atoms with Crippen molar-refractivity contribution in [3.8, 4) is 0 Å². The number of aliphatic hydroxyl groups is 1. The second-order valence-corrected chi connectivity index (χ2v) is 6.37. The average molecular weight is 352 g/mol. The lowest BCUT2D eigenvalue weighted by molar-refractivity contribution is 0.276. The maximum absolute atomic E-state index is 9.59. The summed E-state index contributed by atoms with van der Waals surface area (Å²) in [5.41, 5.74) is 2.03. The van der Waals surface area contributed by atoms with Crippen LogP contribution in [0.1, 0.15) is 11.3 Å². The van der Waals surface area contributed by atoms with Gasteiger partial charge in [0.1, 0.15) is 0 Å². The first-order chi connectivity index (χ1) is 9.69. The number of aliphatic hydroxyl groups excluding tert-OH is 1. The van der Waals surface area contributed by atoms with Crippen molar-refractivity contribution < 1.29 is 5.11 Å². The molecule has 0 amide bonds. The fourth-order valence-electron chi connectivity index (χ4n) is 2.26. The highest BCUT2D eigenvalue weighted by molar-refractivity contribution is 9.10. The van der Waals surface area contributed by atoms with Gasteiger partial charge in [0.2, 0.25) is 0 Å². The summed E-state index contributed by atoms with van der Waals surface area (Å²) in [6.45, 7) is 0.729. The van der Waals surface area contributed by atoms with E-state index in [2.05, 4.69) is 37.9 Å². The van der Waals surface area contributed by atoms with Crippen LogP contribution in [0.25, 0.3) is 4.96 Å². The molecule has 0 aliphatic heterocycles. The van der Waals surface area contributed by atoms with Gasteiger partial charge in [-0.2, -0.15) is 0 Å². The SMILES string of the molecule is CN(Cc1cccc(Br)c1)c1nc2sccn2c1CO. The molecule has 0 unspecified atom stereocenters. The summed E-state index contributed by atoms with van der Waals surface area (Å²) in [7, 11) is 1.99. The van der Waals surface area contributed by atoms with E-state index < -0.39 is 0 Å². The van der Waals surface area contributed by atoms with Gasteiger partial charge in [0.25, 0.3) is 0 Å². The van der Waals surface area contributed by atoms with Gasteiger partial charge in [0, 0.05) is 29.6 Å². The third-order valence-electron chi connectivity index (χ3n) is 3.16. The zero-order valence-electron chi connectivity index (χ0n) is 11.0. The summed E-state index contributed by atoms with van der Waals surface area (Å²) in [5, 5.41) is 11.6. The number of fused-ring (bicyclic) bond motifs is 1. The lowest BCUT2D eigenvalue weighted by atomic mass is 10.2. The van der Waals surface area contributed by atoms with Crippen molar-refractivity contribution in [3.63, 3.8) is 0 Å². The van der Waals surface area contributed by atoms with Crippen LogP contribution in [0.15, 0.2) is 40.3 Å². The summed E-state index contributed by atoms with van der Waals surface area (Å²) in [4.78, 5) is 7.57. The minimum Gasteiger partial charge on any atom is -0.390 e. The van der Waals surface area contributed by atoms with E-state index >= 15 is 0 Å². The Bertz CT molecular complexity index is 737. The van der Waals surface area contributed by atoms with Gasteiger partial charge in [-0.3, -0.25) is 4.40 Å². The van der Waals surface area contributed by atoms with Gasteiger partial charge in [0.05, 0.1) is 12.3 Å². The van der Waals surface area contributed by atoms with Crippen LogP contribution in [0.4, 0.5) is 5.82 Å². The number of anilines is 1. The average Bonchev–Trinajstić information content (AvgIpc) is 2.98. The van der Waals surface area contributed by atoms with Crippen LogP contribution in [-0.4, -0.2) is 21.5 Å². The van der Waals surface area contributed by atoms with Crippen LogP contribution in [0.2, 0.25) is 0 Å². The number of aromatic nitrogens is 2. The number of nitrogens with zero attached hydrogens (tertiary/aromatic N) is 3. The second kappa shape index (κ2) is 5.55. The van der Waals surface area contributed by atoms with Crippen molar-refractivity contribution in [1.29, 1.82) is 0 Å². The molecule has 104 valence electrons. The van der Waals surface area contributed by atoms with Crippen molar-refractivity contribution in [2.75, 3.05) is 11.9 Å². The van der Waals surface area contributed by atoms with Gasteiger partial charge in [-0.1, -0.05) is 28.1 Å². The number of hydrogen-bond acceptors (Lipinski definition) is 4. The third kappa shape index (κ3) is 2.46. The molecule has 20 heavy (non-hydrogen) atoms. The number of imidazole rings is 1. The van der Waals surface area contributed by atoms with E-state index in [0.717, 1.165) is 27.5 Å². The molecule has 2 heterocycles. The lowest BCUT2D eigenvalue weighted by Crippen LogP contribution is -2.18. The quantitative estimate of drug-likeness (QED) is 0.783. The van der Waals surface area contributed by atoms with Gasteiger partial charge < -0.3 is 10.0 Å². The normalized spacial score (nSPS) is 11.2. The molecule has 0 saturated carbocycles. The van der Waals surface area contributed by atoms with Gasteiger partial charge in [-0.15, -0.1) is 11.3 Å². The summed E-state index contributed by atoms with van der Waals surface area (Å²) < 4.78 is 3.01. The Kier molecular flexibility index (Phi) is 3.78. The van der Waals surface area contributed by atoms with Crippen molar-refractivity contribution >= 4 is 38.0 Å². The minimum absolute atomic E-state index is 0.0178. The highest BCUT2D eigenvalue weighted by Gasteiger charge is 2.16. The Morgan fingerprint density at radius 1 is 1.45 bits per heavy atom. The van der Waals surface area contributed by atoms with Crippen LogP contribution in [-0.2, 0) is 13.2 Å². The van der Waals surface area contributed by atoms with E-state index in [9.17, 15) is 5.11 Å². The van der Waals surface area contributed by atoms with Crippen LogP contribution >= 0.6 is 27.3 Å². The van der Waals surface area contributed by atoms with Gasteiger partial charge in [0.15, 0.2) is 10.8 Å². The molecule has 3 rings (SSSR count). The molecular weight excluding hydrogens is 338 g/mol. The Hall–Kier alpha value is -1.37. The maximum Gasteiger partial charge on any atom is 0.195 e. The molecule has 0 spiro atoms. The third-order valence-corrected chi connectivity index (χ3v) is 4.41. The van der Waals surface area contributed by atoms with E-state index in [1.165, 1.54) is 5.56 Å². The smallest absolute Gasteiger partial charge is 0.195 e. The van der Waals surface area contributed by atoms with Crippen molar-refractivity contribution in [2.45, 2.75) is 13.2 Å². The van der Waals surface area contributed by atoms with Crippen molar-refractivity contribution in [2.24, 2.45) is 0 Å². The molecule has 2 aromatic heterocycles. The van der Waals surface area contributed by atoms with Gasteiger partial charge in [-0.25, -0.2) is 4.98 Å². The predicted molar refractivity (Wildman–Crippen MR) is 85.2 cm³/mol. The molecule has 1 N–H and O–H groups in total. The summed E-state index contributed by atoms with van der Waals surface area (Å²) in [5.74, 6) is 0.833. The predicted octanol–water partition coefficient (Wildman–Crippen LogP) is 3.29. The molecule has 0 aliphatic rings. The largest absolute Gasteiger partial charge is 0.390 e. The molecule has 1 aromatic carbocycles. The summed E-state index contributed by atoms with van der Waals surface area (Å²) in [6, 6.07) is 8.20. The van der Waals surface area contributed by atoms with Crippen molar-refractivity contribution in [3.05, 3.63) is 51.6 Å². The van der Waals surface area contributed by atoms with E-state index in [0.29, 0.717) is 0 Å². The molecular formula is C14H14BrN3OS. The Morgan fingerprint density at radius 2 is 2.30 bits per heavy atom. The minimum atomic E-state index is -0.0178. The molecule has 0 bridgehead atoms. The topological polar surface area (TPSA) is 40.8 Å². The fraction of sp³-hybridized carbons (Fsp3) is 0.214. The van der Waals surface area contributed by atoms with Crippen LogP contribution in [0, 0.1) is 0 Å². The molecule has 0 atom stereocenters. The van der Waals surface area contributed by atoms with Crippen LogP contribution < -0.4 is 4.90 Å². The Balaban J connectivity index is 1.92. The molecule has 0 radical (unpaired) electrons. The van der Waals surface area contributed by atoms with Crippen LogP contribution in [0.3, 0.4) is 0 Å².